The Balaban J connectivity index is 1.55. The van der Waals surface area contributed by atoms with Gasteiger partial charge in [-0.25, -0.2) is 4.68 Å². The van der Waals surface area contributed by atoms with Gasteiger partial charge in [0.25, 0.3) is 5.56 Å². The van der Waals surface area contributed by atoms with Crippen LogP contribution in [0.5, 0.6) is 0 Å². The second-order valence-electron chi connectivity index (χ2n) is 10.0. The summed E-state index contributed by atoms with van der Waals surface area (Å²) in [4.78, 5) is 18.6. The number of hydrogen-bond donors (Lipinski definition) is 1. The largest absolute Gasteiger partial charge is 0.468 e. The van der Waals surface area contributed by atoms with Crippen molar-refractivity contribution in [2.45, 2.75) is 53.4 Å². The number of pyridine rings is 1. The molecule has 1 atom stereocenters. The molecule has 0 aliphatic rings. The number of nitrogens with one attached hydrogen (secondary N) is 1. The summed E-state index contributed by atoms with van der Waals surface area (Å²) in [5.41, 5.74) is 4.84. The van der Waals surface area contributed by atoms with Crippen molar-refractivity contribution in [2.24, 2.45) is 5.92 Å². The molecule has 0 radical (unpaired) electrons. The quantitative estimate of drug-likeness (QED) is 0.303. The van der Waals surface area contributed by atoms with E-state index in [0.29, 0.717) is 25.2 Å². The first-order valence-electron chi connectivity index (χ1n) is 12.6. The van der Waals surface area contributed by atoms with Crippen molar-refractivity contribution in [3.63, 3.8) is 0 Å². The van der Waals surface area contributed by atoms with E-state index in [4.69, 9.17) is 4.42 Å². The first kappa shape index (κ1) is 24.6. The molecule has 2 aromatic carbocycles. The molecular weight excluding hydrogens is 464 g/mol. The van der Waals surface area contributed by atoms with Crippen molar-refractivity contribution < 1.29 is 4.42 Å². The van der Waals surface area contributed by atoms with Gasteiger partial charge in [0.1, 0.15) is 5.76 Å². The lowest BCUT2D eigenvalue weighted by atomic mass is 9.99. The Bertz CT molecular complexity index is 1540. The molecule has 5 rings (SSSR count). The highest BCUT2D eigenvalue weighted by Gasteiger charge is 2.30. The van der Waals surface area contributed by atoms with Gasteiger partial charge in [0.15, 0.2) is 5.82 Å². The topological polar surface area (TPSA) is 92.8 Å². The lowest BCUT2D eigenvalue weighted by Gasteiger charge is -2.33. The van der Waals surface area contributed by atoms with Crippen LogP contribution in [0.25, 0.3) is 10.9 Å². The maximum atomic E-state index is 13.2. The van der Waals surface area contributed by atoms with E-state index in [1.165, 1.54) is 0 Å². The van der Waals surface area contributed by atoms with Gasteiger partial charge in [-0.05, 0) is 71.1 Å². The van der Waals surface area contributed by atoms with Crippen LogP contribution in [0.3, 0.4) is 0 Å². The summed E-state index contributed by atoms with van der Waals surface area (Å²) in [6, 6.07) is 20.0. The maximum absolute atomic E-state index is 13.2. The minimum Gasteiger partial charge on any atom is -0.468 e. The number of furan rings is 1. The van der Waals surface area contributed by atoms with Crippen LogP contribution in [0, 0.1) is 19.8 Å². The summed E-state index contributed by atoms with van der Waals surface area (Å²) in [5.74, 6) is 1.74. The molecule has 0 saturated heterocycles. The van der Waals surface area contributed by atoms with Crippen molar-refractivity contribution in [3.05, 3.63) is 111 Å². The molecule has 0 bridgehead atoms. The Morgan fingerprint density at radius 1 is 1.03 bits per heavy atom. The highest BCUT2D eigenvalue weighted by Crippen LogP contribution is 2.31. The molecule has 3 heterocycles. The summed E-state index contributed by atoms with van der Waals surface area (Å²) in [7, 11) is 0. The summed E-state index contributed by atoms with van der Waals surface area (Å²) in [5, 5.41) is 13.9. The van der Waals surface area contributed by atoms with Crippen LogP contribution >= 0.6 is 0 Å². The lowest BCUT2D eigenvalue weighted by molar-refractivity contribution is 0.116. The van der Waals surface area contributed by atoms with Crippen LogP contribution in [-0.2, 0) is 19.6 Å². The van der Waals surface area contributed by atoms with E-state index in [1.807, 2.05) is 54.1 Å². The molecule has 0 saturated carbocycles. The molecule has 0 aliphatic carbocycles. The zero-order valence-electron chi connectivity index (χ0n) is 21.7. The first-order chi connectivity index (χ1) is 17.9. The number of fused-ring (bicyclic) bond motifs is 1. The standard InChI is InChI=1S/C29H32N6O2/c1-19(2)27(28-31-32-33-35(28)16-22-9-6-5-7-10-22)34(18-24-11-8-12-37-24)17-23-15-25-21(4)13-20(3)14-26(25)30-29(23)36/h5-15,19,27H,16-18H2,1-4H3,(H,30,36)/t27-/m1/s1. The van der Waals surface area contributed by atoms with Gasteiger partial charge in [-0.2, -0.15) is 0 Å². The molecule has 8 nitrogen and oxygen atoms in total. The van der Waals surface area contributed by atoms with E-state index in [-0.39, 0.29) is 17.5 Å². The smallest absolute Gasteiger partial charge is 0.252 e. The monoisotopic (exact) mass is 496 g/mol. The second kappa shape index (κ2) is 10.5. The summed E-state index contributed by atoms with van der Waals surface area (Å²) in [6.07, 6.45) is 1.67. The predicted octanol–water partition coefficient (Wildman–Crippen LogP) is 5.17. The van der Waals surface area contributed by atoms with Crippen LogP contribution in [-0.4, -0.2) is 30.1 Å². The number of hydrogen-bond acceptors (Lipinski definition) is 6. The van der Waals surface area contributed by atoms with Gasteiger partial charge in [0.05, 0.1) is 25.4 Å². The number of H-pyrrole nitrogens is 1. The lowest BCUT2D eigenvalue weighted by Crippen LogP contribution is -2.35. The zero-order valence-corrected chi connectivity index (χ0v) is 21.7. The third-order valence-corrected chi connectivity index (χ3v) is 6.73. The Labute approximate surface area is 215 Å². The van der Waals surface area contributed by atoms with Gasteiger partial charge >= 0.3 is 0 Å². The van der Waals surface area contributed by atoms with E-state index < -0.39 is 0 Å². The predicted molar refractivity (Wildman–Crippen MR) is 143 cm³/mol. The Kier molecular flexibility index (Phi) is 7.01. The fourth-order valence-electron chi connectivity index (χ4n) is 5.08. The molecule has 190 valence electrons. The average molecular weight is 497 g/mol. The van der Waals surface area contributed by atoms with Crippen molar-refractivity contribution in [1.29, 1.82) is 0 Å². The fourth-order valence-corrected chi connectivity index (χ4v) is 5.08. The van der Waals surface area contributed by atoms with Gasteiger partial charge in [-0.15, -0.1) is 5.10 Å². The molecule has 0 spiro atoms. The molecule has 5 aromatic rings. The van der Waals surface area contributed by atoms with Gasteiger partial charge in [0, 0.05) is 23.0 Å². The molecule has 0 amide bonds. The van der Waals surface area contributed by atoms with Crippen LogP contribution < -0.4 is 5.56 Å². The molecule has 1 N–H and O–H groups in total. The molecule has 0 fully saturated rings. The Morgan fingerprint density at radius 3 is 2.57 bits per heavy atom. The maximum Gasteiger partial charge on any atom is 0.252 e. The number of benzene rings is 2. The van der Waals surface area contributed by atoms with E-state index in [0.717, 1.165) is 39.2 Å². The third-order valence-electron chi connectivity index (χ3n) is 6.73. The van der Waals surface area contributed by atoms with E-state index in [9.17, 15) is 4.79 Å². The number of rotatable bonds is 9. The molecule has 37 heavy (non-hydrogen) atoms. The molecular formula is C29H32N6O2. The SMILES string of the molecule is Cc1cc(C)c2cc(CN(Cc3ccco3)[C@@H](c3nnnn3Cc3ccccc3)C(C)C)c(=O)[nH]c2c1. The number of aromatic nitrogens is 5. The van der Waals surface area contributed by atoms with Crippen LogP contribution in [0.4, 0.5) is 0 Å². The third kappa shape index (κ3) is 5.39. The Hall–Kier alpha value is -4.04. The second-order valence-corrected chi connectivity index (χ2v) is 10.0. The normalized spacial score (nSPS) is 12.6. The van der Waals surface area contributed by atoms with E-state index in [1.54, 1.807) is 6.26 Å². The summed E-state index contributed by atoms with van der Waals surface area (Å²) < 4.78 is 7.58. The van der Waals surface area contributed by atoms with Crippen LogP contribution in [0.2, 0.25) is 0 Å². The minimum absolute atomic E-state index is 0.0895. The highest BCUT2D eigenvalue weighted by molar-refractivity contribution is 5.83. The van der Waals surface area contributed by atoms with Crippen molar-refractivity contribution in [2.75, 3.05) is 0 Å². The van der Waals surface area contributed by atoms with Crippen molar-refractivity contribution in [3.8, 4) is 0 Å². The Morgan fingerprint density at radius 2 is 1.84 bits per heavy atom. The van der Waals surface area contributed by atoms with Gasteiger partial charge in [-0.1, -0.05) is 50.2 Å². The van der Waals surface area contributed by atoms with Crippen molar-refractivity contribution >= 4 is 10.9 Å². The zero-order chi connectivity index (χ0) is 25.9. The summed E-state index contributed by atoms with van der Waals surface area (Å²) in [6.45, 7) is 9.91. The van der Waals surface area contributed by atoms with Crippen LogP contribution in [0.15, 0.2) is 76.1 Å². The minimum atomic E-state index is -0.155. The highest BCUT2D eigenvalue weighted by atomic mass is 16.3. The van der Waals surface area contributed by atoms with E-state index >= 15 is 0 Å². The fraction of sp³-hybridized carbons (Fsp3) is 0.310. The number of nitrogens with zero attached hydrogens (tertiary/aromatic N) is 5. The van der Waals surface area contributed by atoms with Gasteiger partial charge in [-0.3, -0.25) is 9.69 Å². The average Bonchev–Trinajstić information content (AvgIpc) is 3.53. The molecule has 8 heteroatoms. The summed E-state index contributed by atoms with van der Waals surface area (Å²) >= 11 is 0. The number of aryl methyl sites for hydroxylation is 2. The molecule has 3 aromatic heterocycles. The van der Waals surface area contributed by atoms with Gasteiger partial charge < -0.3 is 9.40 Å². The van der Waals surface area contributed by atoms with Crippen molar-refractivity contribution in [1.82, 2.24) is 30.1 Å². The van der Waals surface area contributed by atoms with Crippen LogP contribution in [0.1, 0.15) is 53.7 Å². The first-order valence-corrected chi connectivity index (χ1v) is 12.6. The van der Waals surface area contributed by atoms with E-state index in [2.05, 4.69) is 64.4 Å². The number of tetrazole rings is 1. The molecule has 0 aliphatic heterocycles. The molecule has 0 unspecified atom stereocenters. The number of aromatic amines is 1. The van der Waals surface area contributed by atoms with Gasteiger partial charge in [0.2, 0.25) is 0 Å².